The second kappa shape index (κ2) is 8.92. The number of benzene rings is 2. The molecule has 1 atom stereocenters. The minimum absolute atomic E-state index is 0.122. The molecule has 4 rings (SSSR count). The zero-order valence-corrected chi connectivity index (χ0v) is 16.7. The van der Waals surface area contributed by atoms with Crippen molar-refractivity contribution < 1.29 is 14.3 Å². The van der Waals surface area contributed by atoms with Gasteiger partial charge in [-0.15, -0.1) is 0 Å². The van der Waals surface area contributed by atoms with Crippen LogP contribution in [0.25, 0.3) is 11.3 Å². The first-order valence-electron chi connectivity index (χ1n) is 9.81. The molecule has 7 nitrogen and oxygen atoms in total. The number of methoxy groups -OCH3 is 1. The van der Waals surface area contributed by atoms with Gasteiger partial charge in [-0.05, 0) is 23.8 Å². The fourth-order valence-electron chi connectivity index (χ4n) is 3.54. The second-order valence-corrected chi connectivity index (χ2v) is 7.02. The molecule has 1 amide bonds. The van der Waals surface area contributed by atoms with E-state index >= 15 is 0 Å². The summed E-state index contributed by atoms with van der Waals surface area (Å²) in [4.78, 5) is 27.0. The maximum atomic E-state index is 12.9. The number of morpholine rings is 1. The number of ether oxygens (including phenoxy) is 2. The molecule has 2 heterocycles. The molecule has 30 heavy (non-hydrogen) atoms. The molecule has 0 N–H and O–H groups in total. The average Bonchev–Trinajstić information content (AvgIpc) is 2.81. The third-order valence-electron chi connectivity index (χ3n) is 5.13. The molecule has 0 spiro atoms. The summed E-state index contributed by atoms with van der Waals surface area (Å²) in [6, 6.07) is 20.3. The van der Waals surface area contributed by atoms with Gasteiger partial charge in [0.1, 0.15) is 18.4 Å². The van der Waals surface area contributed by atoms with Gasteiger partial charge in [0.2, 0.25) is 5.91 Å². The number of hydrogen-bond acceptors (Lipinski definition) is 5. The highest BCUT2D eigenvalue weighted by Crippen LogP contribution is 2.27. The molecule has 1 saturated heterocycles. The fraction of sp³-hybridized carbons (Fsp3) is 0.261. The summed E-state index contributed by atoms with van der Waals surface area (Å²) in [6.45, 7) is 1.27. The zero-order chi connectivity index (χ0) is 20.9. The summed E-state index contributed by atoms with van der Waals surface area (Å²) in [7, 11) is 1.58. The molecular formula is C23H23N3O4. The van der Waals surface area contributed by atoms with E-state index in [-0.39, 0.29) is 24.1 Å². The Labute approximate surface area is 174 Å². The number of carbonyl (C=O) groups is 1. The standard InChI is InChI=1S/C23H23N3O4/c1-29-20-10-6-5-9-18(20)19-11-12-22(27)26(24-19)16-23(28)25-13-14-30-21(15-25)17-7-3-2-4-8-17/h2-12,21H,13-16H2,1H3/t21-/m0/s1. The molecule has 0 radical (unpaired) electrons. The van der Waals surface area contributed by atoms with E-state index in [1.165, 1.54) is 10.7 Å². The Morgan fingerprint density at radius 1 is 1.10 bits per heavy atom. The molecule has 0 aliphatic carbocycles. The average molecular weight is 405 g/mol. The van der Waals surface area contributed by atoms with E-state index < -0.39 is 0 Å². The van der Waals surface area contributed by atoms with E-state index in [2.05, 4.69) is 5.10 Å². The molecule has 2 aromatic carbocycles. The van der Waals surface area contributed by atoms with Gasteiger partial charge in [-0.1, -0.05) is 42.5 Å². The Hall–Kier alpha value is -3.45. The molecule has 154 valence electrons. The van der Waals surface area contributed by atoms with Gasteiger partial charge in [-0.2, -0.15) is 5.10 Å². The highest BCUT2D eigenvalue weighted by molar-refractivity contribution is 5.76. The molecule has 1 aliphatic rings. The fourth-order valence-corrected chi connectivity index (χ4v) is 3.54. The quantitative estimate of drug-likeness (QED) is 0.652. The van der Waals surface area contributed by atoms with Crippen LogP contribution in [-0.2, 0) is 16.1 Å². The van der Waals surface area contributed by atoms with Gasteiger partial charge in [0, 0.05) is 18.2 Å². The molecule has 0 unspecified atom stereocenters. The summed E-state index contributed by atoms with van der Waals surface area (Å²) in [6.07, 6.45) is -0.173. The third-order valence-corrected chi connectivity index (χ3v) is 5.13. The highest BCUT2D eigenvalue weighted by Gasteiger charge is 2.25. The van der Waals surface area contributed by atoms with Crippen molar-refractivity contribution in [2.75, 3.05) is 26.8 Å². The summed E-state index contributed by atoms with van der Waals surface area (Å²) in [5, 5.41) is 4.41. The number of carbonyl (C=O) groups excluding carboxylic acids is 1. The lowest BCUT2D eigenvalue weighted by Crippen LogP contribution is -2.44. The topological polar surface area (TPSA) is 73.7 Å². The number of para-hydroxylation sites is 1. The largest absolute Gasteiger partial charge is 0.496 e. The minimum atomic E-state index is -0.324. The van der Waals surface area contributed by atoms with Gasteiger partial charge in [0.05, 0.1) is 26.0 Å². The first-order valence-corrected chi connectivity index (χ1v) is 9.81. The molecule has 1 aromatic heterocycles. The van der Waals surface area contributed by atoms with Crippen molar-refractivity contribution in [3.63, 3.8) is 0 Å². The van der Waals surface area contributed by atoms with Crippen LogP contribution < -0.4 is 10.3 Å². The number of nitrogens with zero attached hydrogens (tertiary/aromatic N) is 3. The molecule has 7 heteroatoms. The van der Waals surface area contributed by atoms with Crippen molar-refractivity contribution in [3.8, 4) is 17.0 Å². The first-order chi connectivity index (χ1) is 14.7. The van der Waals surface area contributed by atoms with Crippen molar-refractivity contribution in [2.45, 2.75) is 12.6 Å². The van der Waals surface area contributed by atoms with E-state index in [0.29, 0.717) is 31.1 Å². The van der Waals surface area contributed by atoms with Gasteiger partial charge >= 0.3 is 0 Å². The van der Waals surface area contributed by atoms with Crippen LogP contribution in [-0.4, -0.2) is 47.4 Å². The van der Waals surface area contributed by atoms with Crippen LogP contribution in [0, 0.1) is 0 Å². The molecule has 1 fully saturated rings. The van der Waals surface area contributed by atoms with Crippen molar-refractivity contribution in [2.24, 2.45) is 0 Å². The van der Waals surface area contributed by atoms with Crippen LogP contribution >= 0.6 is 0 Å². The Bertz CT molecular complexity index is 1080. The van der Waals surface area contributed by atoms with Gasteiger partial charge in [-0.25, -0.2) is 4.68 Å². The Kier molecular flexibility index (Phi) is 5.90. The monoisotopic (exact) mass is 405 g/mol. The lowest BCUT2D eigenvalue weighted by Gasteiger charge is -2.33. The predicted octanol–water partition coefficient (Wildman–Crippen LogP) is 2.52. The summed E-state index contributed by atoms with van der Waals surface area (Å²) in [5.41, 5.74) is 2.04. The van der Waals surface area contributed by atoms with Crippen LogP contribution in [0.3, 0.4) is 0 Å². The first kappa shape index (κ1) is 19.8. The predicted molar refractivity (Wildman–Crippen MR) is 112 cm³/mol. The highest BCUT2D eigenvalue weighted by atomic mass is 16.5. The van der Waals surface area contributed by atoms with E-state index in [1.807, 2.05) is 54.6 Å². The minimum Gasteiger partial charge on any atom is -0.496 e. The Morgan fingerprint density at radius 2 is 1.87 bits per heavy atom. The van der Waals surface area contributed by atoms with Crippen molar-refractivity contribution in [1.82, 2.24) is 14.7 Å². The Balaban J connectivity index is 1.52. The number of rotatable bonds is 5. The van der Waals surface area contributed by atoms with Gasteiger partial charge in [-0.3, -0.25) is 9.59 Å². The van der Waals surface area contributed by atoms with Crippen LogP contribution in [0.1, 0.15) is 11.7 Å². The van der Waals surface area contributed by atoms with Gasteiger partial charge in [0.15, 0.2) is 0 Å². The lowest BCUT2D eigenvalue weighted by atomic mass is 10.1. The lowest BCUT2D eigenvalue weighted by molar-refractivity contribution is -0.139. The maximum absolute atomic E-state index is 12.9. The van der Waals surface area contributed by atoms with E-state index in [4.69, 9.17) is 9.47 Å². The molecule has 3 aromatic rings. The van der Waals surface area contributed by atoms with Crippen LogP contribution in [0.15, 0.2) is 71.5 Å². The number of aromatic nitrogens is 2. The van der Waals surface area contributed by atoms with Gasteiger partial charge < -0.3 is 14.4 Å². The SMILES string of the molecule is COc1ccccc1-c1ccc(=O)n(CC(=O)N2CCO[C@H](c3ccccc3)C2)n1. The molecular weight excluding hydrogens is 382 g/mol. The molecule has 0 saturated carbocycles. The van der Waals surface area contributed by atoms with Crippen molar-refractivity contribution >= 4 is 5.91 Å². The molecule has 0 bridgehead atoms. The number of hydrogen-bond donors (Lipinski definition) is 0. The zero-order valence-electron chi connectivity index (χ0n) is 16.7. The summed E-state index contributed by atoms with van der Waals surface area (Å²) in [5.74, 6) is 0.492. The maximum Gasteiger partial charge on any atom is 0.267 e. The summed E-state index contributed by atoms with van der Waals surface area (Å²) < 4.78 is 12.4. The Morgan fingerprint density at radius 3 is 2.67 bits per heavy atom. The second-order valence-electron chi connectivity index (χ2n) is 7.02. The van der Waals surface area contributed by atoms with Crippen molar-refractivity contribution in [3.05, 3.63) is 82.6 Å². The van der Waals surface area contributed by atoms with E-state index in [0.717, 1.165) is 11.1 Å². The van der Waals surface area contributed by atoms with E-state index in [9.17, 15) is 9.59 Å². The van der Waals surface area contributed by atoms with Crippen LogP contribution in [0.2, 0.25) is 0 Å². The number of amides is 1. The normalized spacial score (nSPS) is 16.3. The van der Waals surface area contributed by atoms with Crippen LogP contribution in [0.5, 0.6) is 5.75 Å². The third kappa shape index (κ3) is 4.26. The molecule has 1 aliphatic heterocycles. The van der Waals surface area contributed by atoms with E-state index in [1.54, 1.807) is 18.1 Å². The smallest absolute Gasteiger partial charge is 0.267 e. The van der Waals surface area contributed by atoms with Crippen LogP contribution in [0.4, 0.5) is 0 Å². The van der Waals surface area contributed by atoms with Crippen molar-refractivity contribution in [1.29, 1.82) is 0 Å². The summed E-state index contributed by atoms with van der Waals surface area (Å²) >= 11 is 0. The van der Waals surface area contributed by atoms with Gasteiger partial charge in [0.25, 0.3) is 5.56 Å².